The molecule has 2 aliphatic rings. The molecule has 1 N–H and O–H groups in total. The second-order valence-corrected chi connectivity index (χ2v) is 20.8. The first-order chi connectivity index (χ1) is 21.5. The number of amides is 1. The number of carbonyl (C=O) groups excluding carboxylic acids is 1. The highest BCUT2D eigenvalue weighted by atomic mass is 35.5. The zero-order valence-corrected chi connectivity index (χ0v) is 29.5. The number of piperidine rings is 1. The fourth-order valence-corrected chi connectivity index (χ4v) is 7.69. The van der Waals surface area contributed by atoms with Gasteiger partial charge in [-0.2, -0.15) is 10.1 Å². The van der Waals surface area contributed by atoms with Crippen LogP contribution in [0.15, 0.2) is 23.1 Å². The van der Waals surface area contributed by atoms with E-state index >= 15 is 4.39 Å². The molecule has 46 heavy (non-hydrogen) atoms. The quantitative estimate of drug-likeness (QED) is 0.184. The van der Waals surface area contributed by atoms with E-state index in [9.17, 15) is 9.59 Å². The summed E-state index contributed by atoms with van der Waals surface area (Å²) in [6.07, 6.45) is 3.11. The Bertz CT molecular complexity index is 1890. The van der Waals surface area contributed by atoms with Crippen LogP contribution < -0.4 is 15.8 Å². The summed E-state index contributed by atoms with van der Waals surface area (Å²) in [7, 11) is 2.01. The second-order valence-electron chi connectivity index (χ2n) is 14.8. The summed E-state index contributed by atoms with van der Waals surface area (Å²) >= 11 is 6.43. The normalized spacial score (nSPS) is 20.0. The van der Waals surface area contributed by atoms with Gasteiger partial charge in [0, 0.05) is 52.6 Å². The molecule has 14 heteroatoms. The Morgan fingerprint density at radius 2 is 1.89 bits per heavy atom. The Kier molecular flexibility index (Phi) is 8.25. The van der Waals surface area contributed by atoms with Gasteiger partial charge in [-0.05, 0) is 57.7 Å². The Hall–Kier alpha value is -3.42. The Balaban J connectivity index is 1.42. The van der Waals surface area contributed by atoms with E-state index in [1.165, 1.54) is 9.25 Å². The van der Waals surface area contributed by atoms with Gasteiger partial charge in [-0.1, -0.05) is 31.2 Å². The highest BCUT2D eigenvalue weighted by Gasteiger charge is 2.49. The number of anilines is 1. The first kappa shape index (κ1) is 32.5. The lowest BCUT2D eigenvalue weighted by Gasteiger charge is -2.30. The molecule has 0 spiro atoms. The maximum atomic E-state index is 16.2. The number of fused-ring (bicyclic) bond motifs is 4. The topological polar surface area (TPSA) is 108 Å². The van der Waals surface area contributed by atoms with Crippen molar-refractivity contribution in [1.29, 1.82) is 0 Å². The average Bonchev–Trinajstić information content (AvgIpc) is 3.68. The maximum absolute atomic E-state index is 16.2. The van der Waals surface area contributed by atoms with Crippen LogP contribution in [-0.2, 0) is 30.3 Å². The molecule has 11 nitrogen and oxygen atoms in total. The van der Waals surface area contributed by atoms with Gasteiger partial charge in [0.25, 0.3) is 5.56 Å². The summed E-state index contributed by atoms with van der Waals surface area (Å²) in [5.41, 5.74) is 0.588. The Morgan fingerprint density at radius 1 is 1.15 bits per heavy atom. The molecular weight excluding hydrogens is 629 g/mol. The Labute approximate surface area is 273 Å². The zero-order valence-electron chi connectivity index (χ0n) is 27.8. The van der Waals surface area contributed by atoms with E-state index in [0.29, 0.717) is 41.2 Å². The fraction of sp³-hybridized carbons (Fsp3) is 0.562. The van der Waals surface area contributed by atoms with Crippen molar-refractivity contribution in [3.05, 3.63) is 39.7 Å². The summed E-state index contributed by atoms with van der Waals surface area (Å²) in [5, 5.41) is 8.06. The number of nitrogens with zero attached hydrogens (tertiary/aromatic N) is 6. The van der Waals surface area contributed by atoms with Gasteiger partial charge < -0.3 is 24.3 Å². The summed E-state index contributed by atoms with van der Waals surface area (Å²) in [5.74, 6) is 0.149. The molecule has 1 saturated carbocycles. The number of benzene rings is 1. The van der Waals surface area contributed by atoms with Gasteiger partial charge in [-0.25, -0.2) is 9.18 Å². The van der Waals surface area contributed by atoms with E-state index in [0.717, 1.165) is 18.9 Å². The molecule has 1 aromatic carbocycles. The minimum atomic E-state index is -1.34. The van der Waals surface area contributed by atoms with Gasteiger partial charge in [0.05, 0.1) is 28.4 Å². The number of hydrogen-bond donors (Lipinski definition) is 1. The number of aromatic nitrogens is 5. The maximum Gasteiger partial charge on any atom is 0.407 e. The predicted octanol–water partition coefficient (Wildman–Crippen LogP) is 5.89. The molecule has 4 aromatic rings. The third-order valence-electron chi connectivity index (χ3n) is 8.99. The van der Waals surface area contributed by atoms with Crippen molar-refractivity contribution >= 4 is 53.7 Å². The number of carbonyl (C=O) groups is 1. The van der Waals surface area contributed by atoms with E-state index in [2.05, 4.69) is 35.0 Å². The molecule has 248 valence electrons. The molecule has 2 bridgehead atoms. The van der Waals surface area contributed by atoms with E-state index in [1.807, 2.05) is 20.8 Å². The van der Waals surface area contributed by atoms with Gasteiger partial charge >= 0.3 is 6.09 Å². The van der Waals surface area contributed by atoms with Crippen LogP contribution in [-0.4, -0.2) is 68.9 Å². The van der Waals surface area contributed by atoms with Crippen LogP contribution in [0.2, 0.25) is 30.8 Å². The molecule has 3 atom stereocenters. The molecule has 1 aliphatic heterocycles. The van der Waals surface area contributed by atoms with Crippen molar-refractivity contribution in [3.63, 3.8) is 0 Å². The third-order valence-corrected chi connectivity index (χ3v) is 11.1. The highest BCUT2D eigenvalue weighted by molar-refractivity contribution is 6.76. The largest absolute Gasteiger partial charge is 0.444 e. The SMILES string of the molecule is Cn1nc2ccc(-c3cn(COCC[Si](C)(C)C)c4nc(N5C[C@H]6CC[C@@H]5[C@@H]6NC(=O)OC(C)(C)C)n(C)c(=O)c34)c(F)c2c1Cl. The third kappa shape index (κ3) is 5.92. The molecule has 2 fully saturated rings. The van der Waals surface area contributed by atoms with Crippen LogP contribution in [0.1, 0.15) is 33.6 Å². The lowest BCUT2D eigenvalue weighted by molar-refractivity contribution is 0.0497. The molecule has 1 saturated heterocycles. The van der Waals surface area contributed by atoms with Crippen LogP contribution in [0, 0.1) is 11.7 Å². The summed E-state index contributed by atoms with van der Waals surface area (Å²) < 4.78 is 32.6. The van der Waals surface area contributed by atoms with Crippen LogP contribution >= 0.6 is 11.6 Å². The van der Waals surface area contributed by atoms with Crippen molar-refractivity contribution in [2.24, 2.45) is 20.0 Å². The fourth-order valence-electron chi connectivity index (χ4n) is 6.71. The highest BCUT2D eigenvalue weighted by Crippen LogP contribution is 2.41. The van der Waals surface area contributed by atoms with E-state index in [-0.39, 0.29) is 46.4 Å². The summed E-state index contributed by atoms with van der Waals surface area (Å²) in [6.45, 7) is 13.7. The number of ether oxygens (including phenoxy) is 2. The van der Waals surface area contributed by atoms with Crippen molar-refractivity contribution < 1.29 is 18.7 Å². The average molecular weight is 672 g/mol. The van der Waals surface area contributed by atoms with Crippen LogP contribution in [0.25, 0.3) is 33.1 Å². The predicted molar refractivity (Wildman–Crippen MR) is 181 cm³/mol. The molecule has 0 radical (unpaired) electrons. The van der Waals surface area contributed by atoms with Gasteiger partial charge in [0.2, 0.25) is 5.95 Å². The summed E-state index contributed by atoms with van der Waals surface area (Å²) in [4.78, 5) is 34.1. The number of nitrogens with one attached hydrogen (secondary N) is 1. The molecule has 4 heterocycles. The first-order valence-corrected chi connectivity index (χ1v) is 19.9. The molecule has 1 amide bonds. The van der Waals surface area contributed by atoms with Crippen LogP contribution in [0.4, 0.5) is 15.1 Å². The standard InChI is InChI=1S/C32H43ClFN7O4Si/c1-32(2,3)45-31(43)35-26-18-9-12-22(26)41(15-18)30-36-28-23(29(42)38(30)4)20(16-40(28)17-44-13-14-46(6,7)8)19-10-11-21-24(25(19)34)27(33)39(5)37-21/h10-11,16,18,22,26H,9,12-15,17H2,1-8H3,(H,35,43)/t18-,22-,26-/m1/s1. The van der Waals surface area contributed by atoms with Gasteiger partial charge in [0.1, 0.15) is 23.3 Å². The second kappa shape index (κ2) is 11.7. The van der Waals surface area contributed by atoms with Gasteiger partial charge in [0.15, 0.2) is 5.65 Å². The van der Waals surface area contributed by atoms with Gasteiger partial charge in [-0.3, -0.25) is 14.0 Å². The zero-order chi connectivity index (χ0) is 33.3. The Morgan fingerprint density at radius 3 is 2.59 bits per heavy atom. The van der Waals surface area contributed by atoms with E-state index < -0.39 is 25.6 Å². The number of hydrogen-bond acceptors (Lipinski definition) is 7. The lowest BCUT2D eigenvalue weighted by atomic mass is 10.0. The molecule has 6 rings (SSSR count). The van der Waals surface area contributed by atoms with Crippen molar-refractivity contribution in [2.75, 3.05) is 18.1 Å². The van der Waals surface area contributed by atoms with E-state index in [4.69, 9.17) is 26.1 Å². The smallest absolute Gasteiger partial charge is 0.407 e. The number of halogens is 2. The molecule has 1 aliphatic carbocycles. The minimum absolute atomic E-state index is 0.0449. The lowest BCUT2D eigenvalue weighted by Crippen LogP contribution is -2.46. The van der Waals surface area contributed by atoms with E-state index in [1.54, 1.807) is 37.0 Å². The minimum Gasteiger partial charge on any atom is -0.444 e. The van der Waals surface area contributed by atoms with Crippen LogP contribution in [0.3, 0.4) is 0 Å². The van der Waals surface area contributed by atoms with Crippen molar-refractivity contribution in [3.8, 4) is 11.1 Å². The molecule has 0 unspecified atom stereocenters. The number of rotatable bonds is 8. The van der Waals surface area contributed by atoms with Gasteiger partial charge in [-0.15, -0.1) is 0 Å². The van der Waals surface area contributed by atoms with Crippen molar-refractivity contribution in [1.82, 2.24) is 29.2 Å². The summed E-state index contributed by atoms with van der Waals surface area (Å²) in [6, 6.07) is 4.15. The van der Waals surface area contributed by atoms with Crippen molar-refractivity contribution in [2.45, 2.75) is 83.7 Å². The van der Waals surface area contributed by atoms with Crippen LogP contribution in [0.5, 0.6) is 0 Å². The number of alkyl carbamates (subject to hydrolysis) is 1. The monoisotopic (exact) mass is 671 g/mol. The first-order valence-electron chi connectivity index (χ1n) is 15.8. The molecular formula is C32H43ClFN7O4Si. The molecule has 3 aromatic heterocycles. The number of aryl methyl sites for hydroxylation is 1.